The molecule has 2 N–H and O–H groups in total. The molecule has 2 aliphatic rings. The Morgan fingerprint density at radius 2 is 2.09 bits per heavy atom. The molecule has 0 aromatic heterocycles. The molecule has 11 heavy (non-hydrogen) atoms. The molecule has 0 radical (unpaired) electrons. The third-order valence-corrected chi connectivity index (χ3v) is 4.93. The zero-order valence-electron chi connectivity index (χ0n) is 6.58. The molecule has 64 valence electrons. The van der Waals surface area contributed by atoms with Crippen molar-refractivity contribution < 1.29 is 8.42 Å². The highest BCUT2D eigenvalue weighted by Gasteiger charge is 2.65. The highest BCUT2D eigenvalue weighted by Crippen LogP contribution is 2.60. The first-order chi connectivity index (χ1) is 4.95. The Morgan fingerprint density at radius 3 is 2.36 bits per heavy atom. The van der Waals surface area contributed by atoms with Crippen LogP contribution >= 0.6 is 0 Å². The van der Waals surface area contributed by atoms with E-state index in [1.807, 2.05) is 6.92 Å². The predicted octanol–water partition coefficient (Wildman–Crippen LogP) is -0.232. The summed E-state index contributed by atoms with van der Waals surface area (Å²) in [6.07, 6.45) is 1.03. The summed E-state index contributed by atoms with van der Waals surface area (Å²) >= 11 is 0. The van der Waals surface area contributed by atoms with Gasteiger partial charge in [-0.2, -0.15) is 0 Å². The summed E-state index contributed by atoms with van der Waals surface area (Å²) in [6, 6.07) is 0.172. The van der Waals surface area contributed by atoms with Crippen molar-refractivity contribution in [2.45, 2.75) is 19.4 Å². The van der Waals surface area contributed by atoms with Crippen molar-refractivity contribution in [1.29, 1.82) is 0 Å². The average Bonchev–Trinajstić information content (AvgIpc) is 2.38. The lowest BCUT2D eigenvalue weighted by atomic mass is 10.0. The van der Waals surface area contributed by atoms with Crippen LogP contribution in [-0.4, -0.2) is 26.0 Å². The molecular formula is C7H13NO2S. The van der Waals surface area contributed by atoms with Crippen LogP contribution in [0.4, 0.5) is 0 Å². The first-order valence-electron chi connectivity index (χ1n) is 3.91. The van der Waals surface area contributed by atoms with Gasteiger partial charge in [-0.1, -0.05) is 0 Å². The van der Waals surface area contributed by atoms with Gasteiger partial charge in [-0.05, 0) is 19.3 Å². The first-order valence-corrected chi connectivity index (χ1v) is 5.73. The van der Waals surface area contributed by atoms with Crippen LogP contribution in [0, 0.1) is 11.3 Å². The van der Waals surface area contributed by atoms with Gasteiger partial charge in [0, 0.05) is 11.5 Å². The molecule has 1 aliphatic carbocycles. The molecule has 0 aromatic rings. The fourth-order valence-electron chi connectivity index (χ4n) is 2.29. The van der Waals surface area contributed by atoms with Gasteiger partial charge in [-0.3, -0.25) is 0 Å². The lowest BCUT2D eigenvalue weighted by Crippen LogP contribution is -2.42. The Bertz CT molecular complexity index is 269. The lowest BCUT2D eigenvalue weighted by Gasteiger charge is -2.27. The van der Waals surface area contributed by atoms with Crippen molar-refractivity contribution in [1.82, 2.24) is 0 Å². The molecule has 1 spiro atoms. The monoisotopic (exact) mass is 175 g/mol. The van der Waals surface area contributed by atoms with Gasteiger partial charge in [0.25, 0.3) is 0 Å². The van der Waals surface area contributed by atoms with Gasteiger partial charge in [0.2, 0.25) is 0 Å². The molecule has 4 heteroatoms. The van der Waals surface area contributed by atoms with E-state index < -0.39 is 9.84 Å². The maximum absolute atomic E-state index is 10.9. The lowest BCUT2D eigenvalue weighted by molar-refractivity contribution is 0.450. The van der Waals surface area contributed by atoms with E-state index in [1.165, 1.54) is 0 Å². The van der Waals surface area contributed by atoms with Gasteiger partial charge >= 0.3 is 0 Å². The molecule has 2 atom stereocenters. The quantitative estimate of drug-likeness (QED) is 0.598. The normalized spacial score (nSPS) is 39.6. The predicted molar refractivity (Wildman–Crippen MR) is 42.8 cm³/mol. The molecule has 2 rings (SSSR count). The average molecular weight is 175 g/mol. The van der Waals surface area contributed by atoms with Crippen LogP contribution < -0.4 is 5.73 Å². The number of sulfone groups is 1. The van der Waals surface area contributed by atoms with Crippen molar-refractivity contribution in [3.8, 4) is 0 Å². The van der Waals surface area contributed by atoms with E-state index in [-0.39, 0.29) is 11.5 Å². The number of hydrogen-bond acceptors (Lipinski definition) is 3. The van der Waals surface area contributed by atoms with E-state index >= 15 is 0 Å². The van der Waals surface area contributed by atoms with E-state index in [0.717, 1.165) is 6.42 Å². The third kappa shape index (κ3) is 0.999. The Hall–Kier alpha value is -0.0900. The summed E-state index contributed by atoms with van der Waals surface area (Å²) in [5.74, 6) is 1.27. The van der Waals surface area contributed by atoms with E-state index in [2.05, 4.69) is 0 Å². The van der Waals surface area contributed by atoms with Gasteiger partial charge in [-0.15, -0.1) is 0 Å². The molecule has 1 saturated carbocycles. The molecule has 3 nitrogen and oxygen atoms in total. The van der Waals surface area contributed by atoms with Gasteiger partial charge in [0.15, 0.2) is 9.84 Å². The second-order valence-corrected chi connectivity index (χ2v) is 6.13. The van der Waals surface area contributed by atoms with Crippen molar-refractivity contribution >= 4 is 9.84 Å². The van der Waals surface area contributed by atoms with E-state index in [9.17, 15) is 8.42 Å². The summed E-state index contributed by atoms with van der Waals surface area (Å²) in [7, 11) is -2.65. The Balaban J connectivity index is 2.03. The first kappa shape index (κ1) is 7.55. The Labute approximate surface area is 66.9 Å². The van der Waals surface area contributed by atoms with E-state index in [1.54, 1.807) is 0 Å². The molecule has 1 aliphatic heterocycles. The molecule has 0 aromatic carbocycles. The summed E-state index contributed by atoms with van der Waals surface area (Å²) in [5, 5.41) is 0. The second kappa shape index (κ2) is 1.80. The van der Waals surface area contributed by atoms with E-state index in [0.29, 0.717) is 17.4 Å². The summed E-state index contributed by atoms with van der Waals surface area (Å²) in [5.41, 5.74) is 5.81. The zero-order valence-corrected chi connectivity index (χ0v) is 7.39. The zero-order chi connectivity index (χ0) is 8.28. The molecule has 0 amide bonds. The van der Waals surface area contributed by atoms with Crippen molar-refractivity contribution in [2.75, 3.05) is 11.5 Å². The number of nitrogens with two attached hydrogens (primary N) is 1. The van der Waals surface area contributed by atoms with Crippen LogP contribution in [0.2, 0.25) is 0 Å². The molecule has 1 saturated heterocycles. The molecular weight excluding hydrogens is 162 g/mol. The van der Waals surface area contributed by atoms with Gasteiger partial charge in [0.1, 0.15) is 0 Å². The Kier molecular flexibility index (Phi) is 1.24. The van der Waals surface area contributed by atoms with Gasteiger partial charge in [-0.25, -0.2) is 8.42 Å². The van der Waals surface area contributed by atoms with Crippen LogP contribution in [0.3, 0.4) is 0 Å². The smallest absolute Gasteiger partial charge is 0.151 e. The minimum absolute atomic E-state index is 0.132. The molecule has 2 unspecified atom stereocenters. The third-order valence-electron chi connectivity index (χ3n) is 2.90. The summed E-state index contributed by atoms with van der Waals surface area (Å²) < 4.78 is 21.7. The molecule has 0 bridgehead atoms. The minimum Gasteiger partial charge on any atom is -0.328 e. The van der Waals surface area contributed by atoms with Crippen molar-refractivity contribution in [3.05, 3.63) is 0 Å². The standard InChI is InChI=1S/C7H13NO2S/c1-5(8)6-2-7(6)3-11(9,10)4-7/h5-6H,2-4,8H2,1H3. The maximum atomic E-state index is 10.9. The second-order valence-electron chi connectivity index (χ2n) is 4.06. The van der Waals surface area contributed by atoms with Crippen LogP contribution in [-0.2, 0) is 9.84 Å². The fourth-order valence-corrected chi connectivity index (χ4v) is 4.62. The van der Waals surface area contributed by atoms with Gasteiger partial charge < -0.3 is 5.73 Å². The minimum atomic E-state index is -2.65. The van der Waals surface area contributed by atoms with Crippen LogP contribution in [0.25, 0.3) is 0 Å². The maximum Gasteiger partial charge on any atom is 0.151 e. The topological polar surface area (TPSA) is 60.2 Å². The highest BCUT2D eigenvalue weighted by atomic mass is 32.2. The number of rotatable bonds is 1. The van der Waals surface area contributed by atoms with Crippen LogP contribution in [0.1, 0.15) is 13.3 Å². The SMILES string of the molecule is CC(N)C1CC12CS(=O)(=O)C2. The van der Waals surface area contributed by atoms with Crippen LogP contribution in [0.15, 0.2) is 0 Å². The number of hydrogen-bond donors (Lipinski definition) is 1. The largest absolute Gasteiger partial charge is 0.328 e. The van der Waals surface area contributed by atoms with Crippen molar-refractivity contribution in [3.63, 3.8) is 0 Å². The molecule has 2 fully saturated rings. The summed E-state index contributed by atoms with van der Waals surface area (Å²) in [6.45, 7) is 1.96. The highest BCUT2D eigenvalue weighted by molar-refractivity contribution is 7.92. The Morgan fingerprint density at radius 1 is 1.55 bits per heavy atom. The van der Waals surface area contributed by atoms with E-state index in [4.69, 9.17) is 5.73 Å². The van der Waals surface area contributed by atoms with Gasteiger partial charge in [0.05, 0.1) is 11.5 Å². The molecule has 1 heterocycles. The van der Waals surface area contributed by atoms with Crippen LogP contribution in [0.5, 0.6) is 0 Å². The van der Waals surface area contributed by atoms with Crippen molar-refractivity contribution in [2.24, 2.45) is 17.1 Å². The summed E-state index contributed by atoms with van der Waals surface area (Å²) in [4.78, 5) is 0. The fraction of sp³-hybridized carbons (Fsp3) is 1.00.